The van der Waals surface area contributed by atoms with Crippen LogP contribution in [0.3, 0.4) is 0 Å². The molecule has 1 saturated carbocycles. The highest BCUT2D eigenvalue weighted by atomic mass is 35.5. The molecule has 35 heavy (non-hydrogen) atoms. The Bertz CT molecular complexity index is 1230. The lowest BCUT2D eigenvalue weighted by atomic mass is 9.84. The average molecular weight is 491 g/mol. The molecule has 2 aliphatic rings. The van der Waals surface area contributed by atoms with E-state index in [1.165, 1.54) is 23.9 Å². The zero-order valence-electron chi connectivity index (χ0n) is 20.6. The van der Waals surface area contributed by atoms with E-state index in [9.17, 15) is 4.79 Å². The molecule has 0 spiro atoms. The van der Waals surface area contributed by atoms with E-state index in [0.717, 1.165) is 23.2 Å². The quantitative estimate of drug-likeness (QED) is 0.516. The number of primary amides is 1. The van der Waals surface area contributed by atoms with Gasteiger partial charge in [-0.2, -0.15) is 9.98 Å². The highest BCUT2D eigenvalue weighted by Gasteiger charge is 2.42. The summed E-state index contributed by atoms with van der Waals surface area (Å²) in [6.45, 7) is 7.71. The Morgan fingerprint density at radius 3 is 2.31 bits per heavy atom. The molecule has 0 atom stereocenters. The second-order valence-electron chi connectivity index (χ2n) is 9.50. The van der Waals surface area contributed by atoms with Gasteiger partial charge >= 0.3 is 6.02 Å². The van der Waals surface area contributed by atoms with Gasteiger partial charge in [0.05, 0.1) is 11.1 Å². The molecular weight excluding hydrogens is 460 g/mol. The van der Waals surface area contributed by atoms with Crippen LogP contribution in [0, 0.1) is 0 Å². The predicted molar refractivity (Wildman–Crippen MR) is 143 cm³/mol. The summed E-state index contributed by atoms with van der Waals surface area (Å²) < 4.78 is 5.87. The second kappa shape index (κ2) is 9.70. The molecule has 0 unspecified atom stereocenters. The minimum atomic E-state index is -0.769. The van der Waals surface area contributed by atoms with Crippen LogP contribution in [-0.2, 0) is 15.6 Å². The van der Waals surface area contributed by atoms with Crippen LogP contribution in [0.1, 0.15) is 63.6 Å². The Labute approximate surface area is 211 Å². The number of amides is 1. The number of hydrogen-bond donors (Lipinski definition) is 2. The zero-order chi connectivity index (χ0) is 25.2. The van der Waals surface area contributed by atoms with E-state index in [1.807, 2.05) is 25.1 Å². The van der Waals surface area contributed by atoms with Gasteiger partial charge in [-0.1, -0.05) is 61.0 Å². The molecule has 0 saturated heterocycles. The number of carbonyl (C=O) groups excluding carboxylic acids is 1. The number of nitrogens with one attached hydrogen (secondary N) is 1. The summed E-state index contributed by atoms with van der Waals surface area (Å²) in [4.78, 5) is 20.7. The third-order valence-corrected chi connectivity index (χ3v) is 7.26. The molecule has 2 aromatic rings. The number of halogens is 1. The molecule has 1 aliphatic carbocycles. The molecule has 3 N–H and O–H groups in total. The number of benzene rings is 2. The van der Waals surface area contributed by atoms with E-state index in [2.05, 4.69) is 46.5 Å². The molecular formula is C28H31ClN4O2. The molecule has 1 fully saturated rings. The van der Waals surface area contributed by atoms with Crippen molar-refractivity contribution in [3.8, 4) is 5.75 Å². The largest absolute Gasteiger partial charge is 0.424 e. The van der Waals surface area contributed by atoms with Crippen molar-refractivity contribution in [3.63, 3.8) is 0 Å². The number of aliphatic imine (C=N–C) groups is 2. The van der Waals surface area contributed by atoms with Crippen LogP contribution in [0.25, 0.3) is 5.70 Å². The third kappa shape index (κ3) is 5.03. The lowest BCUT2D eigenvalue weighted by Gasteiger charge is -2.21. The van der Waals surface area contributed by atoms with Crippen molar-refractivity contribution >= 4 is 35.1 Å². The van der Waals surface area contributed by atoms with Gasteiger partial charge in [-0.15, -0.1) is 0 Å². The van der Waals surface area contributed by atoms with Crippen molar-refractivity contribution in [1.82, 2.24) is 5.32 Å². The molecule has 6 nitrogen and oxygen atoms in total. The van der Waals surface area contributed by atoms with Crippen LogP contribution in [0.5, 0.6) is 5.75 Å². The molecule has 1 amide bonds. The van der Waals surface area contributed by atoms with Crippen molar-refractivity contribution in [1.29, 1.82) is 0 Å². The first-order chi connectivity index (χ1) is 16.7. The Hall–Kier alpha value is -3.38. The lowest BCUT2D eigenvalue weighted by Crippen LogP contribution is -2.35. The number of hydrogen-bond acceptors (Lipinski definition) is 5. The van der Waals surface area contributed by atoms with E-state index in [1.54, 1.807) is 26.0 Å². The van der Waals surface area contributed by atoms with E-state index >= 15 is 0 Å². The highest BCUT2D eigenvalue weighted by Crippen LogP contribution is 2.50. The fraction of sp³-hybridized carbons (Fsp3) is 0.321. The van der Waals surface area contributed by atoms with Crippen LogP contribution in [0.15, 0.2) is 75.8 Å². The predicted octanol–water partition coefficient (Wildman–Crippen LogP) is 5.77. The van der Waals surface area contributed by atoms with Gasteiger partial charge in [0.25, 0.3) is 0 Å². The minimum absolute atomic E-state index is 0.213. The summed E-state index contributed by atoms with van der Waals surface area (Å²) in [7, 11) is 0. The lowest BCUT2D eigenvalue weighted by molar-refractivity contribution is -0.122. The van der Waals surface area contributed by atoms with E-state index in [-0.39, 0.29) is 11.9 Å². The molecule has 1 aliphatic heterocycles. The summed E-state index contributed by atoms with van der Waals surface area (Å²) in [5.74, 6) is 0.721. The molecule has 2 aromatic carbocycles. The van der Waals surface area contributed by atoms with Crippen LogP contribution in [0.2, 0.25) is 0 Å². The first-order valence-corrected chi connectivity index (χ1v) is 12.3. The summed E-state index contributed by atoms with van der Waals surface area (Å²) in [6, 6.07) is 15.9. The van der Waals surface area contributed by atoms with Gasteiger partial charge in [0.2, 0.25) is 5.91 Å². The summed E-state index contributed by atoms with van der Waals surface area (Å²) in [6.07, 6.45) is 5.53. The van der Waals surface area contributed by atoms with Crippen LogP contribution in [0.4, 0.5) is 0 Å². The normalized spacial score (nSPS) is 18.2. The molecule has 1 heterocycles. The molecule has 4 rings (SSSR count). The van der Waals surface area contributed by atoms with E-state index < -0.39 is 5.41 Å². The molecule has 7 heteroatoms. The second-order valence-corrected chi connectivity index (χ2v) is 9.72. The number of nitrogens with two attached hydrogens (primary N) is 1. The maximum atomic E-state index is 11.7. The summed E-state index contributed by atoms with van der Waals surface area (Å²) >= 11 is 6.18. The first kappa shape index (κ1) is 24.7. The Morgan fingerprint density at radius 2 is 1.80 bits per heavy atom. The average Bonchev–Trinajstić information content (AvgIpc) is 3.58. The number of nitrogens with zero attached hydrogens (tertiary/aromatic N) is 2. The van der Waals surface area contributed by atoms with Crippen LogP contribution in [-0.4, -0.2) is 17.8 Å². The number of ether oxygens (including phenoxy) is 1. The zero-order valence-corrected chi connectivity index (χ0v) is 21.3. The fourth-order valence-electron chi connectivity index (χ4n) is 4.15. The van der Waals surface area contributed by atoms with Crippen molar-refractivity contribution in [3.05, 3.63) is 82.5 Å². The van der Waals surface area contributed by atoms with E-state index in [0.29, 0.717) is 22.7 Å². The summed E-state index contributed by atoms with van der Waals surface area (Å²) in [5, 5.41) is 3.29. The SMILES string of the molecule is C/C=C1/N=C(Oc2ccc(C(C)(C)C(N)=O)cc2)N=C1N/C(=C/Cl)c1ccc(C2(CC)CC2)cc1. The van der Waals surface area contributed by atoms with Gasteiger partial charge in [0.15, 0.2) is 5.84 Å². The number of allylic oxidation sites excluding steroid dienone is 1. The van der Waals surface area contributed by atoms with E-state index in [4.69, 9.17) is 22.1 Å². The number of amidine groups is 2. The number of rotatable bonds is 7. The van der Waals surface area contributed by atoms with Crippen molar-refractivity contribution in [2.24, 2.45) is 15.7 Å². The third-order valence-electron chi connectivity index (χ3n) is 7.04. The van der Waals surface area contributed by atoms with Crippen molar-refractivity contribution < 1.29 is 9.53 Å². The van der Waals surface area contributed by atoms with Gasteiger partial charge in [-0.3, -0.25) is 4.79 Å². The van der Waals surface area contributed by atoms with Gasteiger partial charge in [0.1, 0.15) is 11.4 Å². The monoisotopic (exact) mass is 490 g/mol. The van der Waals surface area contributed by atoms with Crippen molar-refractivity contribution in [2.75, 3.05) is 0 Å². The maximum absolute atomic E-state index is 11.7. The van der Waals surface area contributed by atoms with Gasteiger partial charge in [-0.05, 0) is 74.3 Å². The molecule has 182 valence electrons. The Morgan fingerprint density at radius 1 is 1.14 bits per heavy atom. The molecule has 0 radical (unpaired) electrons. The van der Waals surface area contributed by atoms with Crippen LogP contribution < -0.4 is 15.8 Å². The fourth-order valence-corrected chi connectivity index (χ4v) is 4.33. The van der Waals surface area contributed by atoms with Gasteiger partial charge in [-0.25, -0.2) is 0 Å². The van der Waals surface area contributed by atoms with Gasteiger partial charge < -0.3 is 15.8 Å². The molecule has 0 aromatic heterocycles. The highest BCUT2D eigenvalue weighted by molar-refractivity contribution is 6.29. The Kier molecular flexibility index (Phi) is 6.86. The van der Waals surface area contributed by atoms with Crippen molar-refractivity contribution in [2.45, 2.75) is 57.8 Å². The number of carbonyl (C=O) groups is 1. The smallest absolute Gasteiger partial charge is 0.324 e. The molecule has 0 bridgehead atoms. The Balaban J connectivity index is 1.47. The topological polar surface area (TPSA) is 89.1 Å². The van der Waals surface area contributed by atoms with Crippen LogP contribution >= 0.6 is 11.6 Å². The minimum Gasteiger partial charge on any atom is -0.424 e. The van der Waals surface area contributed by atoms with Gasteiger partial charge in [0, 0.05) is 5.54 Å². The standard InChI is InChI=1S/C28H31ClN4O2/c1-5-22-24(31-23(17-29)18-7-9-20(10-8-18)28(6-2)15-16-28)33-26(32-22)35-21-13-11-19(12-14-21)27(3,4)25(30)34/h5,7-14,17H,6,15-16H2,1-4H3,(H2,30,34)(H,31,32,33)/b22-5+,23-17+. The maximum Gasteiger partial charge on any atom is 0.324 e. The first-order valence-electron chi connectivity index (χ1n) is 11.8. The summed E-state index contributed by atoms with van der Waals surface area (Å²) in [5.41, 5.74) is 11.2.